The van der Waals surface area contributed by atoms with Crippen molar-refractivity contribution in [3.05, 3.63) is 64.9 Å². The SMILES string of the molecule is CCN(CC(=O)NCc1ccc(F)cc1)C(=O)CCSc1ccc(Cl)cc1. The molecular formula is C20H22ClFN2O2S. The van der Waals surface area contributed by atoms with Gasteiger partial charge in [-0.25, -0.2) is 4.39 Å². The van der Waals surface area contributed by atoms with E-state index in [9.17, 15) is 14.0 Å². The molecule has 0 aromatic heterocycles. The Hall–Kier alpha value is -2.05. The molecule has 2 amide bonds. The van der Waals surface area contributed by atoms with Crippen LogP contribution in [0.5, 0.6) is 0 Å². The lowest BCUT2D eigenvalue weighted by atomic mass is 10.2. The molecule has 0 fully saturated rings. The zero-order valence-corrected chi connectivity index (χ0v) is 16.7. The zero-order valence-electron chi connectivity index (χ0n) is 15.1. The number of thioether (sulfide) groups is 1. The Kier molecular flexibility index (Phi) is 8.61. The number of nitrogens with one attached hydrogen (secondary N) is 1. The molecule has 27 heavy (non-hydrogen) atoms. The van der Waals surface area contributed by atoms with Gasteiger partial charge in [-0.15, -0.1) is 11.8 Å². The summed E-state index contributed by atoms with van der Waals surface area (Å²) < 4.78 is 12.9. The van der Waals surface area contributed by atoms with Gasteiger partial charge in [-0.1, -0.05) is 23.7 Å². The van der Waals surface area contributed by atoms with Crippen LogP contribution in [-0.2, 0) is 16.1 Å². The second kappa shape index (κ2) is 10.9. The van der Waals surface area contributed by atoms with Crippen LogP contribution in [0.15, 0.2) is 53.4 Å². The maximum absolute atomic E-state index is 12.9. The fourth-order valence-corrected chi connectivity index (χ4v) is 3.32. The molecule has 0 aliphatic heterocycles. The second-order valence-corrected chi connectivity index (χ2v) is 7.47. The minimum absolute atomic E-state index is 0.0160. The van der Waals surface area contributed by atoms with Crippen molar-refractivity contribution in [3.8, 4) is 0 Å². The fraction of sp³-hybridized carbons (Fsp3) is 0.300. The molecule has 1 N–H and O–H groups in total. The molecule has 144 valence electrons. The smallest absolute Gasteiger partial charge is 0.239 e. The molecule has 2 aromatic rings. The third-order valence-corrected chi connectivity index (χ3v) is 5.14. The molecule has 2 aromatic carbocycles. The summed E-state index contributed by atoms with van der Waals surface area (Å²) in [5.41, 5.74) is 0.804. The summed E-state index contributed by atoms with van der Waals surface area (Å²) in [6.45, 7) is 2.63. The van der Waals surface area contributed by atoms with Gasteiger partial charge in [0.15, 0.2) is 0 Å². The predicted molar refractivity (Wildman–Crippen MR) is 107 cm³/mol. The normalized spacial score (nSPS) is 10.5. The zero-order chi connectivity index (χ0) is 19.6. The Balaban J connectivity index is 1.73. The van der Waals surface area contributed by atoms with Crippen LogP contribution in [0, 0.1) is 5.82 Å². The van der Waals surface area contributed by atoms with Gasteiger partial charge in [-0.3, -0.25) is 9.59 Å². The largest absolute Gasteiger partial charge is 0.350 e. The lowest BCUT2D eigenvalue weighted by Crippen LogP contribution is -2.40. The van der Waals surface area contributed by atoms with Gasteiger partial charge in [0.2, 0.25) is 11.8 Å². The number of nitrogens with zero attached hydrogens (tertiary/aromatic N) is 1. The highest BCUT2D eigenvalue weighted by Crippen LogP contribution is 2.21. The highest BCUT2D eigenvalue weighted by Gasteiger charge is 2.15. The van der Waals surface area contributed by atoms with E-state index >= 15 is 0 Å². The van der Waals surface area contributed by atoms with Crippen LogP contribution >= 0.6 is 23.4 Å². The quantitative estimate of drug-likeness (QED) is 0.635. The molecule has 0 aliphatic carbocycles. The summed E-state index contributed by atoms with van der Waals surface area (Å²) in [4.78, 5) is 27.0. The standard InChI is InChI=1S/C20H22ClFN2O2S/c1-2-24(14-19(25)23-13-15-3-7-17(22)8-4-15)20(26)11-12-27-18-9-5-16(21)6-10-18/h3-10H,2,11-14H2,1H3,(H,23,25). The minimum atomic E-state index is -0.315. The van der Waals surface area contributed by atoms with Crippen LogP contribution in [-0.4, -0.2) is 35.6 Å². The molecule has 7 heteroatoms. The van der Waals surface area contributed by atoms with E-state index in [2.05, 4.69) is 5.32 Å². The molecule has 0 radical (unpaired) electrons. The van der Waals surface area contributed by atoms with Gasteiger partial charge in [0.25, 0.3) is 0 Å². The molecule has 2 rings (SSSR count). The van der Waals surface area contributed by atoms with E-state index < -0.39 is 0 Å². The first kappa shape index (κ1) is 21.3. The predicted octanol–water partition coefficient (Wildman–Crippen LogP) is 4.13. The number of amides is 2. The van der Waals surface area contributed by atoms with Gasteiger partial charge in [-0.2, -0.15) is 0 Å². The first-order valence-electron chi connectivity index (χ1n) is 8.65. The first-order chi connectivity index (χ1) is 13.0. The molecule has 0 spiro atoms. The molecule has 0 aliphatic rings. The van der Waals surface area contributed by atoms with Gasteiger partial charge in [0.05, 0.1) is 6.54 Å². The van der Waals surface area contributed by atoms with E-state index in [1.165, 1.54) is 17.0 Å². The van der Waals surface area contributed by atoms with Crippen LogP contribution < -0.4 is 5.32 Å². The van der Waals surface area contributed by atoms with Gasteiger partial charge >= 0.3 is 0 Å². The number of hydrogen-bond donors (Lipinski definition) is 1. The minimum Gasteiger partial charge on any atom is -0.350 e. The van der Waals surface area contributed by atoms with E-state index in [-0.39, 0.29) is 24.2 Å². The van der Waals surface area contributed by atoms with Crippen molar-refractivity contribution in [3.63, 3.8) is 0 Å². The van der Waals surface area contributed by atoms with Crippen molar-refractivity contribution in [2.24, 2.45) is 0 Å². The number of halogens is 2. The Morgan fingerprint density at radius 2 is 1.78 bits per heavy atom. The highest BCUT2D eigenvalue weighted by atomic mass is 35.5. The average Bonchev–Trinajstić information content (AvgIpc) is 2.67. The van der Waals surface area contributed by atoms with Crippen molar-refractivity contribution in [1.82, 2.24) is 10.2 Å². The number of benzene rings is 2. The van der Waals surface area contributed by atoms with Crippen LogP contribution in [0.4, 0.5) is 4.39 Å². The maximum Gasteiger partial charge on any atom is 0.239 e. The third kappa shape index (κ3) is 7.61. The Labute approximate surface area is 168 Å². The lowest BCUT2D eigenvalue weighted by molar-refractivity contribution is -0.135. The van der Waals surface area contributed by atoms with Crippen LogP contribution in [0.3, 0.4) is 0 Å². The van der Waals surface area contributed by atoms with E-state index in [0.29, 0.717) is 30.3 Å². The van der Waals surface area contributed by atoms with E-state index in [1.807, 2.05) is 31.2 Å². The van der Waals surface area contributed by atoms with Crippen LogP contribution in [0.25, 0.3) is 0 Å². The van der Waals surface area contributed by atoms with Crippen molar-refractivity contribution in [2.75, 3.05) is 18.8 Å². The summed E-state index contributed by atoms with van der Waals surface area (Å²) in [5.74, 6) is 0.0221. The Bertz CT molecular complexity index is 754. The second-order valence-electron chi connectivity index (χ2n) is 5.86. The average molecular weight is 409 g/mol. The van der Waals surface area contributed by atoms with E-state index in [0.717, 1.165) is 10.5 Å². The first-order valence-corrected chi connectivity index (χ1v) is 10.0. The van der Waals surface area contributed by atoms with Gasteiger partial charge in [-0.05, 0) is 48.9 Å². The van der Waals surface area contributed by atoms with Crippen molar-refractivity contribution in [1.29, 1.82) is 0 Å². The van der Waals surface area contributed by atoms with Gasteiger partial charge < -0.3 is 10.2 Å². The van der Waals surface area contributed by atoms with Crippen LogP contribution in [0.2, 0.25) is 5.02 Å². The molecule has 0 unspecified atom stereocenters. The van der Waals surface area contributed by atoms with Crippen molar-refractivity contribution in [2.45, 2.75) is 24.8 Å². The van der Waals surface area contributed by atoms with Crippen molar-refractivity contribution < 1.29 is 14.0 Å². The molecule has 4 nitrogen and oxygen atoms in total. The summed E-state index contributed by atoms with van der Waals surface area (Å²) >= 11 is 7.43. The summed E-state index contributed by atoms with van der Waals surface area (Å²) in [6.07, 6.45) is 0.354. The molecule has 0 bridgehead atoms. The monoisotopic (exact) mass is 408 g/mol. The molecule has 0 saturated heterocycles. The molecular weight excluding hydrogens is 387 g/mol. The number of likely N-dealkylation sites (N-methyl/N-ethyl adjacent to an activating group) is 1. The highest BCUT2D eigenvalue weighted by molar-refractivity contribution is 7.99. The Morgan fingerprint density at radius 3 is 2.41 bits per heavy atom. The number of hydrogen-bond acceptors (Lipinski definition) is 3. The number of carbonyl (C=O) groups excluding carboxylic acids is 2. The summed E-state index contributed by atoms with van der Waals surface area (Å²) in [7, 11) is 0. The Morgan fingerprint density at radius 1 is 1.11 bits per heavy atom. The number of carbonyl (C=O) groups is 2. The third-order valence-electron chi connectivity index (χ3n) is 3.87. The van der Waals surface area contributed by atoms with Gasteiger partial charge in [0, 0.05) is 35.2 Å². The summed E-state index contributed by atoms with van der Waals surface area (Å²) in [6, 6.07) is 13.4. The maximum atomic E-state index is 12.9. The lowest BCUT2D eigenvalue weighted by Gasteiger charge is -2.20. The van der Waals surface area contributed by atoms with Gasteiger partial charge in [0.1, 0.15) is 5.82 Å². The number of rotatable bonds is 9. The molecule has 0 atom stereocenters. The van der Waals surface area contributed by atoms with E-state index in [4.69, 9.17) is 11.6 Å². The molecule has 0 heterocycles. The summed E-state index contributed by atoms with van der Waals surface area (Å²) in [5, 5.41) is 3.43. The van der Waals surface area contributed by atoms with Crippen LogP contribution in [0.1, 0.15) is 18.9 Å². The topological polar surface area (TPSA) is 49.4 Å². The van der Waals surface area contributed by atoms with Crippen molar-refractivity contribution >= 4 is 35.2 Å². The van der Waals surface area contributed by atoms with E-state index in [1.54, 1.807) is 23.9 Å². The molecule has 0 saturated carbocycles. The fourth-order valence-electron chi connectivity index (χ4n) is 2.35.